The molecule has 1 atom stereocenters. The van der Waals surface area contributed by atoms with Gasteiger partial charge in [0.15, 0.2) is 5.76 Å². The van der Waals surface area contributed by atoms with Crippen LogP contribution in [0.4, 0.5) is 0 Å². The lowest BCUT2D eigenvalue weighted by molar-refractivity contribution is 0.431. The van der Waals surface area contributed by atoms with Crippen molar-refractivity contribution in [1.82, 2.24) is 5.16 Å². The molecule has 0 aliphatic carbocycles. The SMILES string of the molecule is O=S([O-])c1ccccc1-c1ccno1. The molecule has 0 aliphatic heterocycles. The first-order chi connectivity index (χ1) is 6.79. The van der Waals surface area contributed by atoms with Gasteiger partial charge < -0.3 is 9.08 Å². The van der Waals surface area contributed by atoms with Crippen molar-refractivity contribution in [2.24, 2.45) is 0 Å². The second-order valence-corrected chi connectivity index (χ2v) is 3.52. The van der Waals surface area contributed by atoms with Crippen LogP contribution < -0.4 is 0 Å². The molecule has 0 amide bonds. The molecule has 1 heterocycles. The predicted octanol–water partition coefficient (Wildman–Crippen LogP) is 1.58. The minimum Gasteiger partial charge on any atom is -0.768 e. The lowest BCUT2D eigenvalue weighted by atomic mass is 10.2. The Labute approximate surface area is 82.8 Å². The van der Waals surface area contributed by atoms with E-state index >= 15 is 0 Å². The van der Waals surface area contributed by atoms with Crippen molar-refractivity contribution in [3.8, 4) is 11.3 Å². The van der Waals surface area contributed by atoms with Crippen LogP contribution in [0.3, 0.4) is 0 Å². The molecule has 0 saturated heterocycles. The largest absolute Gasteiger partial charge is 0.768 e. The van der Waals surface area contributed by atoms with Gasteiger partial charge in [0.25, 0.3) is 0 Å². The van der Waals surface area contributed by atoms with E-state index in [1.54, 1.807) is 24.3 Å². The topological polar surface area (TPSA) is 66.2 Å². The van der Waals surface area contributed by atoms with Gasteiger partial charge in [0.1, 0.15) is 0 Å². The number of rotatable bonds is 2. The molecule has 5 heteroatoms. The number of benzene rings is 1. The number of nitrogens with zero attached hydrogens (tertiary/aromatic N) is 1. The van der Waals surface area contributed by atoms with Crippen LogP contribution >= 0.6 is 0 Å². The third-order valence-electron chi connectivity index (χ3n) is 1.77. The van der Waals surface area contributed by atoms with Gasteiger partial charge in [-0.05, 0) is 23.2 Å². The van der Waals surface area contributed by atoms with Crippen LogP contribution in [-0.2, 0) is 11.1 Å². The molecule has 0 aliphatic rings. The Balaban J connectivity index is 2.58. The van der Waals surface area contributed by atoms with Crippen LogP contribution in [0.15, 0.2) is 45.9 Å². The highest BCUT2D eigenvalue weighted by molar-refractivity contribution is 7.79. The average molecular weight is 208 g/mol. The summed E-state index contributed by atoms with van der Waals surface area (Å²) in [5.41, 5.74) is 0.526. The van der Waals surface area contributed by atoms with Gasteiger partial charge in [-0.1, -0.05) is 17.3 Å². The number of hydrogen-bond acceptors (Lipinski definition) is 4. The minimum absolute atomic E-state index is 0.212. The van der Waals surface area contributed by atoms with Crippen molar-refractivity contribution in [2.75, 3.05) is 0 Å². The Hall–Kier alpha value is -1.46. The van der Waals surface area contributed by atoms with Crippen molar-refractivity contribution in [1.29, 1.82) is 0 Å². The van der Waals surface area contributed by atoms with Crippen molar-refractivity contribution >= 4 is 11.1 Å². The maximum Gasteiger partial charge on any atom is 0.167 e. The minimum atomic E-state index is -2.26. The van der Waals surface area contributed by atoms with Crippen LogP contribution in [0.25, 0.3) is 11.3 Å². The van der Waals surface area contributed by atoms with Crippen LogP contribution in [0.5, 0.6) is 0 Å². The fourth-order valence-electron chi connectivity index (χ4n) is 1.17. The van der Waals surface area contributed by atoms with Crippen molar-refractivity contribution in [3.05, 3.63) is 36.5 Å². The summed E-state index contributed by atoms with van der Waals surface area (Å²) in [4.78, 5) is 0.212. The first-order valence-electron chi connectivity index (χ1n) is 3.88. The highest BCUT2D eigenvalue weighted by Gasteiger charge is 2.07. The molecule has 0 spiro atoms. The molecule has 2 rings (SSSR count). The highest BCUT2D eigenvalue weighted by Crippen LogP contribution is 2.24. The van der Waals surface area contributed by atoms with E-state index in [-0.39, 0.29) is 4.90 Å². The van der Waals surface area contributed by atoms with E-state index in [2.05, 4.69) is 5.16 Å². The molecule has 2 aromatic rings. The van der Waals surface area contributed by atoms with Crippen LogP contribution in [-0.4, -0.2) is 13.9 Å². The first-order valence-corrected chi connectivity index (χ1v) is 4.96. The van der Waals surface area contributed by atoms with E-state index in [1.165, 1.54) is 12.3 Å². The van der Waals surface area contributed by atoms with Crippen molar-refractivity contribution in [2.45, 2.75) is 4.90 Å². The molecule has 0 bridgehead atoms. The van der Waals surface area contributed by atoms with Gasteiger partial charge in [-0.3, -0.25) is 4.21 Å². The molecule has 0 fully saturated rings. The Morgan fingerprint density at radius 2 is 2.07 bits per heavy atom. The Morgan fingerprint density at radius 1 is 1.29 bits per heavy atom. The van der Waals surface area contributed by atoms with Crippen molar-refractivity contribution < 1.29 is 13.3 Å². The molecule has 14 heavy (non-hydrogen) atoms. The summed E-state index contributed by atoms with van der Waals surface area (Å²) < 4.78 is 26.6. The molecule has 0 radical (unpaired) electrons. The Morgan fingerprint density at radius 3 is 2.71 bits per heavy atom. The quantitative estimate of drug-likeness (QED) is 0.703. The zero-order chi connectivity index (χ0) is 9.97. The third-order valence-corrected chi connectivity index (χ3v) is 2.49. The zero-order valence-corrected chi connectivity index (χ0v) is 7.86. The van der Waals surface area contributed by atoms with E-state index in [4.69, 9.17) is 4.52 Å². The van der Waals surface area contributed by atoms with E-state index in [9.17, 15) is 8.76 Å². The second kappa shape index (κ2) is 3.73. The van der Waals surface area contributed by atoms with E-state index < -0.39 is 11.1 Å². The summed E-state index contributed by atoms with van der Waals surface area (Å²) in [6.07, 6.45) is 1.47. The molecule has 0 saturated carbocycles. The van der Waals surface area contributed by atoms with Gasteiger partial charge in [-0.25, -0.2) is 0 Å². The maximum atomic E-state index is 10.9. The molecule has 0 N–H and O–H groups in total. The molecule has 1 aromatic carbocycles. The van der Waals surface area contributed by atoms with Crippen LogP contribution in [0, 0.1) is 0 Å². The van der Waals surface area contributed by atoms with Crippen molar-refractivity contribution in [3.63, 3.8) is 0 Å². The molecule has 1 unspecified atom stereocenters. The normalized spacial score (nSPS) is 12.6. The lowest BCUT2D eigenvalue weighted by Gasteiger charge is -2.08. The molecule has 1 aromatic heterocycles. The number of aromatic nitrogens is 1. The van der Waals surface area contributed by atoms with Gasteiger partial charge in [0.05, 0.1) is 6.20 Å². The zero-order valence-electron chi connectivity index (χ0n) is 7.04. The predicted molar refractivity (Wildman–Crippen MR) is 49.1 cm³/mol. The summed E-state index contributed by atoms with van der Waals surface area (Å²) in [6, 6.07) is 8.21. The van der Waals surface area contributed by atoms with Gasteiger partial charge >= 0.3 is 0 Å². The molecular weight excluding hydrogens is 202 g/mol. The Bertz CT molecular complexity index is 453. The lowest BCUT2D eigenvalue weighted by Crippen LogP contribution is -1.91. The number of hydrogen-bond donors (Lipinski definition) is 0. The monoisotopic (exact) mass is 208 g/mol. The fraction of sp³-hybridized carbons (Fsp3) is 0. The van der Waals surface area contributed by atoms with E-state index in [0.29, 0.717) is 11.3 Å². The van der Waals surface area contributed by atoms with E-state index in [0.717, 1.165) is 0 Å². The maximum absolute atomic E-state index is 10.9. The summed E-state index contributed by atoms with van der Waals surface area (Å²) in [5.74, 6) is 0.449. The molecular formula is C9H6NO3S-. The smallest absolute Gasteiger partial charge is 0.167 e. The van der Waals surface area contributed by atoms with Crippen LogP contribution in [0.1, 0.15) is 0 Å². The summed E-state index contributed by atoms with van der Waals surface area (Å²) in [5, 5.41) is 3.52. The van der Waals surface area contributed by atoms with Gasteiger partial charge in [0, 0.05) is 16.5 Å². The van der Waals surface area contributed by atoms with Gasteiger partial charge in [-0.2, -0.15) is 0 Å². The van der Waals surface area contributed by atoms with Crippen LogP contribution in [0.2, 0.25) is 0 Å². The second-order valence-electron chi connectivity index (χ2n) is 2.61. The average Bonchev–Trinajstić information content (AvgIpc) is 2.70. The summed E-state index contributed by atoms with van der Waals surface area (Å²) in [6.45, 7) is 0. The first kappa shape index (κ1) is 9.11. The summed E-state index contributed by atoms with van der Waals surface area (Å²) >= 11 is -2.26. The van der Waals surface area contributed by atoms with Gasteiger partial charge in [-0.15, -0.1) is 0 Å². The molecule has 72 valence electrons. The van der Waals surface area contributed by atoms with E-state index in [1.807, 2.05) is 0 Å². The molecule has 4 nitrogen and oxygen atoms in total. The summed E-state index contributed by atoms with van der Waals surface area (Å²) in [7, 11) is 0. The standard InChI is InChI=1S/C9H7NO3S/c11-14(12)9-4-2-1-3-7(9)8-5-6-10-13-8/h1-6H,(H,11,12)/p-1. The third kappa shape index (κ3) is 1.59. The van der Waals surface area contributed by atoms with Gasteiger partial charge in [0.2, 0.25) is 0 Å². The fourth-order valence-corrected chi connectivity index (χ4v) is 1.71. The Kier molecular flexibility index (Phi) is 2.43. The highest BCUT2D eigenvalue weighted by atomic mass is 32.2.